The molecular formula is C16H17N3O4S. The van der Waals surface area contributed by atoms with E-state index in [1.165, 1.54) is 23.6 Å². The van der Waals surface area contributed by atoms with Gasteiger partial charge in [0.05, 0.1) is 5.01 Å². The van der Waals surface area contributed by atoms with E-state index in [0.717, 1.165) is 5.56 Å². The van der Waals surface area contributed by atoms with Crippen molar-refractivity contribution in [1.82, 2.24) is 10.3 Å². The number of benzene rings is 1. The van der Waals surface area contributed by atoms with Crippen LogP contribution in [0.2, 0.25) is 0 Å². The van der Waals surface area contributed by atoms with Crippen molar-refractivity contribution in [2.24, 2.45) is 0 Å². The average Bonchev–Trinajstić information content (AvgIpc) is 2.98. The Labute approximate surface area is 142 Å². The van der Waals surface area contributed by atoms with Crippen molar-refractivity contribution in [2.45, 2.75) is 20.3 Å². The summed E-state index contributed by atoms with van der Waals surface area (Å²) in [6.45, 7) is 3.59. The van der Waals surface area contributed by atoms with Crippen molar-refractivity contribution >= 4 is 34.8 Å². The fraction of sp³-hybridized carbons (Fsp3) is 0.250. The molecule has 2 aromatic rings. The van der Waals surface area contributed by atoms with Crippen LogP contribution in [0.15, 0.2) is 23.6 Å². The molecule has 1 aromatic heterocycles. The Balaban J connectivity index is 1.94. The first kappa shape index (κ1) is 17.6. The van der Waals surface area contributed by atoms with E-state index in [2.05, 4.69) is 15.6 Å². The lowest BCUT2D eigenvalue weighted by Crippen LogP contribution is -2.26. The first-order valence-corrected chi connectivity index (χ1v) is 8.09. The molecule has 0 atom stereocenters. The molecule has 0 unspecified atom stereocenters. The fourth-order valence-corrected chi connectivity index (χ4v) is 2.77. The number of anilines is 1. The predicted molar refractivity (Wildman–Crippen MR) is 90.6 cm³/mol. The van der Waals surface area contributed by atoms with Gasteiger partial charge in [0.2, 0.25) is 5.91 Å². The second-order valence-corrected chi connectivity index (χ2v) is 6.09. The molecule has 0 fully saturated rings. The maximum absolute atomic E-state index is 12.2. The summed E-state index contributed by atoms with van der Waals surface area (Å²) in [6, 6.07) is 5.07. The first-order chi connectivity index (χ1) is 11.4. The van der Waals surface area contributed by atoms with E-state index in [0.29, 0.717) is 29.2 Å². The molecule has 8 heteroatoms. The molecule has 24 heavy (non-hydrogen) atoms. The van der Waals surface area contributed by atoms with E-state index in [1.807, 2.05) is 6.92 Å². The van der Waals surface area contributed by atoms with E-state index in [4.69, 9.17) is 5.11 Å². The van der Waals surface area contributed by atoms with Crippen LogP contribution in [-0.4, -0.2) is 34.4 Å². The normalized spacial score (nSPS) is 10.2. The summed E-state index contributed by atoms with van der Waals surface area (Å²) in [5, 5.41) is 16.4. The maximum Gasteiger partial charge on any atom is 0.355 e. The highest BCUT2D eigenvalue weighted by Crippen LogP contribution is 2.17. The zero-order valence-electron chi connectivity index (χ0n) is 13.3. The highest BCUT2D eigenvalue weighted by atomic mass is 32.1. The number of aromatic carboxylic acids is 1. The summed E-state index contributed by atoms with van der Waals surface area (Å²) in [6.07, 6.45) is 0.452. The Morgan fingerprint density at radius 3 is 2.67 bits per heavy atom. The maximum atomic E-state index is 12.2. The summed E-state index contributed by atoms with van der Waals surface area (Å²) in [5.41, 5.74) is 1.92. The molecule has 0 aliphatic rings. The molecular weight excluding hydrogens is 330 g/mol. The van der Waals surface area contributed by atoms with Crippen LogP contribution in [0.25, 0.3) is 0 Å². The van der Waals surface area contributed by atoms with Crippen molar-refractivity contribution in [1.29, 1.82) is 0 Å². The van der Waals surface area contributed by atoms with Gasteiger partial charge in [0.15, 0.2) is 5.69 Å². The topological polar surface area (TPSA) is 108 Å². The summed E-state index contributed by atoms with van der Waals surface area (Å²) in [5.74, 6) is -1.53. The number of nitrogens with one attached hydrogen (secondary N) is 2. The quantitative estimate of drug-likeness (QED) is 0.741. The van der Waals surface area contributed by atoms with Crippen molar-refractivity contribution in [3.63, 3.8) is 0 Å². The summed E-state index contributed by atoms with van der Waals surface area (Å²) in [4.78, 5) is 38.0. The number of carbonyl (C=O) groups excluding carboxylic acids is 2. The molecule has 1 aromatic carbocycles. The lowest BCUT2D eigenvalue weighted by atomic mass is 10.1. The number of rotatable bonds is 6. The summed E-state index contributed by atoms with van der Waals surface area (Å²) >= 11 is 1.25. The van der Waals surface area contributed by atoms with Crippen LogP contribution in [0.4, 0.5) is 5.69 Å². The van der Waals surface area contributed by atoms with E-state index in [1.54, 1.807) is 18.2 Å². The third kappa shape index (κ3) is 4.63. The molecule has 2 amide bonds. The minimum absolute atomic E-state index is 0.0137. The molecule has 0 aliphatic heterocycles. The standard InChI is InChI=1S/C16H17N3O4S/c1-9-3-4-11(7-12(9)18-10(2)20)15(21)17-6-5-14-19-13(8-24-14)16(22)23/h3-4,7-8H,5-6H2,1-2H3,(H,17,21)(H,18,20)(H,22,23). The second-order valence-electron chi connectivity index (χ2n) is 5.15. The number of hydrogen-bond acceptors (Lipinski definition) is 5. The number of amides is 2. The van der Waals surface area contributed by atoms with Crippen LogP contribution in [0.1, 0.15) is 38.3 Å². The number of thiazole rings is 1. The lowest BCUT2D eigenvalue weighted by Gasteiger charge is -2.09. The molecule has 0 saturated heterocycles. The highest BCUT2D eigenvalue weighted by molar-refractivity contribution is 7.09. The van der Waals surface area contributed by atoms with Crippen LogP contribution in [-0.2, 0) is 11.2 Å². The van der Waals surface area contributed by atoms with Gasteiger partial charge in [0, 0.05) is 36.5 Å². The van der Waals surface area contributed by atoms with Crippen molar-refractivity contribution in [3.05, 3.63) is 45.4 Å². The Kier molecular flexibility index (Phi) is 5.64. The molecule has 0 saturated carbocycles. The van der Waals surface area contributed by atoms with Crippen LogP contribution in [0.5, 0.6) is 0 Å². The third-order valence-electron chi connectivity index (χ3n) is 3.21. The monoisotopic (exact) mass is 347 g/mol. The van der Waals surface area contributed by atoms with Gasteiger partial charge in [-0.25, -0.2) is 9.78 Å². The molecule has 126 valence electrons. The highest BCUT2D eigenvalue weighted by Gasteiger charge is 2.11. The van der Waals surface area contributed by atoms with Crippen molar-refractivity contribution < 1.29 is 19.5 Å². The van der Waals surface area contributed by atoms with Gasteiger partial charge in [0.1, 0.15) is 0 Å². The third-order valence-corrected chi connectivity index (χ3v) is 4.11. The molecule has 3 N–H and O–H groups in total. The molecule has 1 heterocycles. The van der Waals surface area contributed by atoms with Gasteiger partial charge >= 0.3 is 5.97 Å². The van der Waals surface area contributed by atoms with Gasteiger partial charge in [0.25, 0.3) is 5.91 Å². The van der Waals surface area contributed by atoms with Crippen molar-refractivity contribution in [2.75, 3.05) is 11.9 Å². The summed E-state index contributed by atoms with van der Waals surface area (Å²) in [7, 11) is 0. The van der Waals surface area contributed by atoms with Crippen LogP contribution >= 0.6 is 11.3 Å². The van der Waals surface area contributed by atoms with Crippen molar-refractivity contribution in [3.8, 4) is 0 Å². The Hall–Kier alpha value is -2.74. The fourth-order valence-electron chi connectivity index (χ4n) is 2.00. The van der Waals surface area contributed by atoms with Gasteiger partial charge in [-0.1, -0.05) is 6.07 Å². The Bertz CT molecular complexity index is 785. The second kappa shape index (κ2) is 7.69. The SMILES string of the molecule is CC(=O)Nc1cc(C(=O)NCCc2nc(C(=O)O)cs2)ccc1C. The number of hydrogen-bond donors (Lipinski definition) is 3. The smallest absolute Gasteiger partial charge is 0.355 e. The van der Waals surface area contributed by atoms with E-state index >= 15 is 0 Å². The van der Waals surface area contributed by atoms with E-state index in [9.17, 15) is 14.4 Å². The summed E-state index contributed by atoms with van der Waals surface area (Å²) < 4.78 is 0. The molecule has 0 bridgehead atoms. The minimum Gasteiger partial charge on any atom is -0.476 e. The number of carbonyl (C=O) groups is 3. The van der Waals surface area contributed by atoms with Gasteiger partial charge in [-0.05, 0) is 24.6 Å². The average molecular weight is 347 g/mol. The Morgan fingerprint density at radius 2 is 2.04 bits per heavy atom. The van der Waals surface area contributed by atoms with E-state index < -0.39 is 5.97 Å². The molecule has 0 aliphatic carbocycles. The zero-order chi connectivity index (χ0) is 17.7. The first-order valence-electron chi connectivity index (χ1n) is 7.21. The number of carboxylic acids is 1. The largest absolute Gasteiger partial charge is 0.476 e. The van der Waals surface area contributed by atoms with Crippen LogP contribution in [0, 0.1) is 6.92 Å². The molecule has 2 rings (SSSR count). The van der Waals surface area contributed by atoms with E-state index in [-0.39, 0.29) is 17.5 Å². The van der Waals surface area contributed by atoms with Crippen LogP contribution < -0.4 is 10.6 Å². The van der Waals surface area contributed by atoms with Gasteiger partial charge < -0.3 is 15.7 Å². The number of aryl methyl sites for hydroxylation is 1. The number of carboxylic acid groups (broad SMARTS) is 1. The van der Waals surface area contributed by atoms with Crippen LogP contribution in [0.3, 0.4) is 0 Å². The van der Waals surface area contributed by atoms with Gasteiger partial charge in [-0.15, -0.1) is 11.3 Å². The molecule has 0 spiro atoms. The van der Waals surface area contributed by atoms with Gasteiger partial charge in [-0.2, -0.15) is 0 Å². The molecule has 0 radical (unpaired) electrons. The lowest BCUT2D eigenvalue weighted by molar-refractivity contribution is -0.114. The Morgan fingerprint density at radius 1 is 1.29 bits per heavy atom. The number of nitrogens with zero attached hydrogens (tertiary/aromatic N) is 1. The zero-order valence-corrected chi connectivity index (χ0v) is 14.1. The predicted octanol–water partition coefficient (Wildman–Crippen LogP) is 2.08. The molecule has 7 nitrogen and oxygen atoms in total. The minimum atomic E-state index is -1.06. The van der Waals surface area contributed by atoms with Gasteiger partial charge in [-0.3, -0.25) is 9.59 Å². The number of aromatic nitrogens is 1.